The second kappa shape index (κ2) is 6.24. The molecule has 2 N–H and O–H groups in total. The Balaban J connectivity index is 1.58. The number of carbonyl (C=O) groups excluding carboxylic acids is 1. The minimum Gasteiger partial charge on any atom is -0.360 e. The summed E-state index contributed by atoms with van der Waals surface area (Å²) in [5.74, 6) is -0.221. The number of rotatable bonds is 3. The predicted molar refractivity (Wildman–Crippen MR) is 102 cm³/mol. The van der Waals surface area contributed by atoms with Crippen LogP contribution in [0.15, 0.2) is 72.0 Å². The van der Waals surface area contributed by atoms with Crippen LogP contribution in [-0.4, -0.2) is 17.1 Å². The van der Waals surface area contributed by atoms with Crippen molar-refractivity contribution < 1.29 is 4.79 Å². The van der Waals surface area contributed by atoms with E-state index in [1.54, 1.807) is 18.3 Å². The fourth-order valence-corrected chi connectivity index (χ4v) is 2.93. The third-order valence-corrected chi connectivity index (χ3v) is 4.30. The Morgan fingerprint density at radius 3 is 2.64 bits per heavy atom. The highest BCUT2D eigenvalue weighted by atomic mass is 16.2. The van der Waals surface area contributed by atoms with Gasteiger partial charge in [0.05, 0.1) is 11.7 Å². The molecule has 0 aliphatic heterocycles. The monoisotopic (exact) mass is 327 g/mol. The van der Waals surface area contributed by atoms with Crippen molar-refractivity contribution in [2.24, 2.45) is 5.10 Å². The zero-order valence-corrected chi connectivity index (χ0v) is 13.8. The summed E-state index contributed by atoms with van der Waals surface area (Å²) in [5.41, 5.74) is 6.29. The quantitative estimate of drug-likeness (QED) is 0.425. The maximum absolute atomic E-state index is 12.1. The molecule has 4 nitrogen and oxygen atoms in total. The van der Waals surface area contributed by atoms with Crippen LogP contribution in [0.3, 0.4) is 0 Å². The van der Waals surface area contributed by atoms with Gasteiger partial charge in [0.1, 0.15) is 0 Å². The zero-order chi connectivity index (χ0) is 17.2. The molecule has 3 aromatic carbocycles. The molecule has 25 heavy (non-hydrogen) atoms. The summed E-state index contributed by atoms with van der Waals surface area (Å²) in [6.07, 6.45) is 3.57. The molecular weight excluding hydrogens is 310 g/mol. The summed E-state index contributed by atoms with van der Waals surface area (Å²) >= 11 is 0. The number of fused-ring (bicyclic) bond motifs is 3. The molecule has 0 bridgehead atoms. The van der Waals surface area contributed by atoms with Gasteiger partial charge in [0.25, 0.3) is 5.91 Å². The van der Waals surface area contributed by atoms with E-state index in [9.17, 15) is 4.79 Å². The first kappa shape index (κ1) is 15.1. The molecule has 0 unspecified atom stereocenters. The number of hydrazone groups is 1. The Kier molecular flexibility index (Phi) is 3.78. The third kappa shape index (κ3) is 2.90. The predicted octanol–water partition coefficient (Wildman–Crippen LogP) is 4.39. The van der Waals surface area contributed by atoms with Gasteiger partial charge in [-0.2, -0.15) is 5.10 Å². The molecule has 1 heterocycles. The van der Waals surface area contributed by atoms with Gasteiger partial charge in [-0.15, -0.1) is 0 Å². The van der Waals surface area contributed by atoms with Crippen molar-refractivity contribution in [3.63, 3.8) is 0 Å². The lowest BCUT2D eigenvalue weighted by Crippen LogP contribution is -2.17. The van der Waals surface area contributed by atoms with Gasteiger partial charge >= 0.3 is 0 Å². The molecule has 1 aromatic heterocycles. The first-order valence-electron chi connectivity index (χ1n) is 8.11. The van der Waals surface area contributed by atoms with Crippen molar-refractivity contribution in [3.05, 3.63) is 83.6 Å². The molecule has 0 aliphatic carbocycles. The van der Waals surface area contributed by atoms with Crippen molar-refractivity contribution in [3.8, 4) is 0 Å². The van der Waals surface area contributed by atoms with Gasteiger partial charge in [-0.3, -0.25) is 4.79 Å². The van der Waals surface area contributed by atoms with Crippen molar-refractivity contribution in [1.82, 2.24) is 10.4 Å². The number of nitrogens with one attached hydrogen (secondary N) is 2. The Morgan fingerprint density at radius 2 is 1.80 bits per heavy atom. The third-order valence-electron chi connectivity index (χ3n) is 4.30. The van der Waals surface area contributed by atoms with Gasteiger partial charge in [-0.05, 0) is 24.4 Å². The van der Waals surface area contributed by atoms with E-state index in [0.717, 1.165) is 22.0 Å². The van der Waals surface area contributed by atoms with Crippen LogP contribution in [0.5, 0.6) is 0 Å². The Hall–Kier alpha value is -3.40. The van der Waals surface area contributed by atoms with Crippen molar-refractivity contribution >= 4 is 33.8 Å². The molecule has 0 saturated carbocycles. The van der Waals surface area contributed by atoms with Gasteiger partial charge < -0.3 is 4.98 Å². The van der Waals surface area contributed by atoms with Crippen LogP contribution in [0.25, 0.3) is 21.7 Å². The van der Waals surface area contributed by atoms with E-state index < -0.39 is 0 Å². The fraction of sp³-hybridized carbons (Fsp3) is 0.0476. The summed E-state index contributed by atoms with van der Waals surface area (Å²) in [5, 5.41) is 7.53. The SMILES string of the molecule is Cc1ccc(C(=O)N/N=C\c2c[nH]c3c2ccc2ccccc23)cc1. The molecule has 122 valence electrons. The van der Waals surface area contributed by atoms with Crippen molar-refractivity contribution in [1.29, 1.82) is 0 Å². The standard InChI is InChI=1S/C21H17N3O/c1-14-6-8-16(9-7-14)21(25)24-23-13-17-12-22-20-18-5-3-2-4-15(18)10-11-19(17)20/h2-13,22H,1H3,(H,24,25)/b23-13-. The molecule has 0 spiro atoms. The zero-order valence-electron chi connectivity index (χ0n) is 13.8. The molecule has 0 saturated heterocycles. The van der Waals surface area contributed by atoms with Crippen LogP contribution >= 0.6 is 0 Å². The van der Waals surface area contributed by atoms with Crippen LogP contribution < -0.4 is 5.43 Å². The van der Waals surface area contributed by atoms with Crippen molar-refractivity contribution in [2.45, 2.75) is 6.92 Å². The number of carbonyl (C=O) groups is 1. The number of amides is 1. The Bertz CT molecular complexity index is 1090. The smallest absolute Gasteiger partial charge is 0.271 e. The van der Waals surface area contributed by atoms with Gasteiger partial charge in [0.2, 0.25) is 0 Å². The lowest BCUT2D eigenvalue weighted by molar-refractivity contribution is 0.0955. The van der Waals surface area contributed by atoms with Crippen LogP contribution in [0.1, 0.15) is 21.5 Å². The molecule has 0 aliphatic rings. The summed E-state index contributed by atoms with van der Waals surface area (Å²) in [6.45, 7) is 1.99. The molecular formula is C21H17N3O. The highest BCUT2D eigenvalue weighted by Gasteiger charge is 2.06. The molecule has 1 amide bonds. The lowest BCUT2D eigenvalue weighted by Gasteiger charge is -2.01. The highest BCUT2D eigenvalue weighted by Crippen LogP contribution is 2.26. The van der Waals surface area contributed by atoms with Crippen LogP contribution in [0.2, 0.25) is 0 Å². The average molecular weight is 327 g/mol. The van der Waals surface area contributed by atoms with Crippen LogP contribution in [-0.2, 0) is 0 Å². The molecule has 4 heteroatoms. The maximum atomic E-state index is 12.1. The summed E-state index contributed by atoms with van der Waals surface area (Å²) in [7, 11) is 0. The molecule has 4 rings (SSSR count). The normalized spacial score (nSPS) is 11.4. The van der Waals surface area contributed by atoms with E-state index in [2.05, 4.69) is 39.8 Å². The second-order valence-electron chi connectivity index (χ2n) is 6.02. The number of H-pyrrole nitrogens is 1. The molecule has 0 atom stereocenters. The van der Waals surface area contributed by atoms with Gasteiger partial charge in [0.15, 0.2) is 0 Å². The number of nitrogens with zero attached hydrogens (tertiary/aromatic N) is 1. The van der Waals surface area contributed by atoms with E-state index in [-0.39, 0.29) is 5.91 Å². The minimum absolute atomic E-state index is 0.221. The topological polar surface area (TPSA) is 57.2 Å². The van der Waals surface area contributed by atoms with Crippen LogP contribution in [0, 0.1) is 6.92 Å². The fourth-order valence-electron chi connectivity index (χ4n) is 2.93. The number of aromatic amines is 1. The minimum atomic E-state index is -0.221. The summed E-state index contributed by atoms with van der Waals surface area (Å²) in [6, 6.07) is 19.8. The van der Waals surface area contributed by atoms with Crippen LogP contribution in [0.4, 0.5) is 0 Å². The Morgan fingerprint density at radius 1 is 1.00 bits per heavy atom. The molecule has 0 radical (unpaired) electrons. The number of hydrogen-bond donors (Lipinski definition) is 2. The van der Waals surface area contributed by atoms with Gasteiger partial charge in [-0.25, -0.2) is 5.43 Å². The van der Waals surface area contributed by atoms with Crippen molar-refractivity contribution in [2.75, 3.05) is 0 Å². The number of aromatic nitrogens is 1. The van der Waals surface area contributed by atoms with E-state index in [0.29, 0.717) is 5.56 Å². The van der Waals surface area contributed by atoms with E-state index in [1.165, 1.54) is 10.8 Å². The second-order valence-corrected chi connectivity index (χ2v) is 6.02. The first-order chi connectivity index (χ1) is 12.2. The first-order valence-corrected chi connectivity index (χ1v) is 8.11. The van der Waals surface area contributed by atoms with Gasteiger partial charge in [-0.1, -0.05) is 54.1 Å². The number of hydrogen-bond acceptors (Lipinski definition) is 2. The maximum Gasteiger partial charge on any atom is 0.271 e. The summed E-state index contributed by atoms with van der Waals surface area (Å²) in [4.78, 5) is 15.4. The van der Waals surface area contributed by atoms with E-state index in [4.69, 9.17) is 0 Å². The molecule has 4 aromatic rings. The Labute approximate surface area is 145 Å². The van der Waals surface area contributed by atoms with E-state index in [1.807, 2.05) is 37.4 Å². The number of aryl methyl sites for hydroxylation is 1. The molecule has 0 fully saturated rings. The van der Waals surface area contributed by atoms with Gasteiger partial charge in [0, 0.05) is 28.1 Å². The van der Waals surface area contributed by atoms with E-state index >= 15 is 0 Å². The number of benzene rings is 3. The lowest BCUT2D eigenvalue weighted by atomic mass is 10.1. The highest BCUT2D eigenvalue weighted by molar-refractivity contribution is 6.11. The average Bonchev–Trinajstić information content (AvgIpc) is 3.06. The largest absolute Gasteiger partial charge is 0.360 e. The summed E-state index contributed by atoms with van der Waals surface area (Å²) < 4.78 is 0.